The van der Waals surface area contributed by atoms with Crippen molar-refractivity contribution < 1.29 is 23.9 Å². The average molecular weight is 354 g/mol. The number of nitrogens with zero attached hydrogens (tertiary/aromatic N) is 1. The van der Waals surface area contributed by atoms with Gasteiger partial charge >= 0.3 is 12.1 Å². The molecule has 0 aromatic carbocycles. The molecule has 0 aromatic rings. The first kappa shape index (κ1) is 22.7. The molecule has 0 aliphatic rings. The third kappa shape index (κ3) is 10.2. The molecular weight excluding hydrogens is 324 g/mol. The number of amides is 2. The van der Waals surface area contributed by atoms with E-state index in [9.17, 15) is 14.4 Å². The van der Waals surface area contributed by atoms with Crippen molar-refractivity contribution in [3.8, 4) is 0 Å². The van der Waals surface area contributed by atoms with Crippen molar-refractivity contribution in [3.05, 3.63) is 24.8 Å². The van der Waals surface area contributed by atoms with Gasteiger partial charge in [0.15, 0.2) is 0 Å². The van der Waals surface area contributed by atoms with Gasteiger partial charge in [-0.1, -0.05) is 18.2 Å². The minimum Gasteiger partial charge on any atom is -0.465 e. The van der Waals surface area contributed by atoms with Gasteiger partial charge in [-0.05, 0) is 41.0 Å². The number of carbonyl (C=O) groups is 3. The van der Waals surface area contributed by atoms with E-state index in [4.69, 9.17) is 9.47 Å². The van der Waals surface area contributed by atoms with E-state index < -0.39 is 29.6 Å². The molecule has 2 amide bonds. The number of nitrogens with one attached hydrogen (secondary N) is 1. The van der Waals surface area contributed by atoms with Crippen molar-refractivity contribution in [1.82, 2.24) is 10.2 Å². The Morgan fingerprint density at radius 2 is 1.84 bits per heavy atom. The molecule has 1 unspecified atom stereocenters. The second kappa shape index (κ2) is 10.5. The van der Waals surface area contributed by atoms with Crippen molar-refractivity contribution in [2.45, 2.75) is 52.7 Å². The van der Waals surface area contributed by atoms with E-state index in [0.717, 1.165) is 0 Å². The largest absolute Gasteiger partial charge is 0.465 e. The highest BCUT2D eigenvalue weighted by Crippen LogP contribution is 2.09. The van der Waals surface area contributed by atoms with Gasteiger partial charge in [0.2, 0.25) is 5.91 Å². The van der Waals surface area contributed by atoms with E-state index >= 15 is 0 Å². The number of alkyl carbamates (subject to hydrolysis) is 1. The normalized spacial score (nSPS) is 11.9. The first-order valence-corrected chi connectivity index (χ1v) is 8.19. The lowest BCUT2D eigenvalue weighted by atomic mass is 10.1. The summed E-state index contributed by atoms with van der Waals surface area (Å²) in [4.78, 5) is 37.8. The zero-order chi connectivity index (χ0) is 19.6. The average Bonchev–Trinajstić information content (AvgIpc) is 2.43. The summed E-state index contributed by atoms with van der Waals surface area (Å²) in [6, 6.07) is -0.888. The Hall–Kier alpha value is -2.31. The summed E-state index contributed by atoms with van der Waals surface area (Å²) in [5.74, 6) is -0.950. The highest BCUT2D eigenvalue weighted by molar-refractivity contribution is 5.88. The van der Waals surface area contributed by atoms with E-state index in [1.54, 1.807) is 34.6 Å². The molecule has 142 valence electrons. The first-order chi connectivity index (χ1) is 11.5. The molecule has 0 heterocycles. The van der Waals surface area contributed by atoms with Gasteiger partial charge in [-0.15, -0.1) is 6.58 Å². The monoisotopic (exact) mass is 354 g/mol. The Bertz CT molecular complexity index is 508. The smallest absolute Gasteiger partial charge is 0.408 e. The SMILES string of the molecule is C=CCC(NC(=O)OC(C)(C)C)C(=O)N(CC(=C)C)CC(=O)OCC. The van der Waals surface area contributed by atoms with Crippen molar-refractivity contribution >= 4 is 18.0 Å². The third-order valence-electron chi connectivity index (χ3n) is 2.79. The number of carbonyl (C=O) groups excluding carboxylic acids is 3. The molecule has 0 aromatic heterocycles. The predicted molar refractivity (Wildman–Crippen MR) is 96.0 cm³/mol. The Balaban J connectivity index is 5.18. The van der Waals surface area contributed by atoms with Crippen LogP contribution in [0.1, 0.15) is 41.0 Å². The van der Waals surface area contributed by atoms with Gasteiger partial charge in [0.25, 0.3) is 0 Å². The van der Waals surface area contributed by atoms with Crippen LogP contribution in [0.15, 0.2) is 24.8 Å². The van der Waals surface area contributed by atoms with Crippen LogP contribution in [0.4, 0.5) is 4.79 Å². The second-order valence-electron chi connectivity index (χ2n) is 6.68. The standard InChI is InChI=1S/C18H30N2O5/c1-8-10-14(19-17(23)25-18(5,6)7)16(22)20(11-13(3)4)12-15(21)24-9-2/h8,14H,1,3,9-12H2,2,4-7H3,(H,19,23). The van der Waals surface area contributed by atoms with Gasteiger partial charge < -0.3 is 19.7 Å². The summed E-state index contributed by atoms with van der Waals surface area (Å²) in [7, 11) is 0. The van der Waals surface area contributed by atoms with Crippen LogP contribution in [0.25, 0.3) is 0 Å². The molecule has 7 heteroatoms. The highest BCUT2D eigenvalue weighted by Gasteiger charge is 2.28. The summed E-state index contributed by atoms with van der Waals surface area (Å²) < 4.78 is 10.1. The molecular formula is C18H30N2O5. The minimum atomic E-state index is -0.888. The number of ether oxygens (including phenoxy) is 2. The molecule has 0 bridgehead atoms. The topological polar surface area (TPSA) is 84.9 Å². The van der Waals surface area contributed by atoms with Crippen LogP contribution in [-0.2, 0) is 19.1 Å². The van der Waals surface area contributed by atoms with Crippen molar-refractivity contribution in [3.63, 3.8) is 0 Å². The zero-order valence-corrected chi connectivity index (χ0v) is 15.9. The zero-order valence-electron chi connectivity index (χ0n) is 15.9. The Kier molecular flexibility index (Phi) is 9.56. The van der Waals surface area contributed by atoms with Crippen LogP contribution in [-0.4, -0.2) is 54.2 Å². The fraction of sp³-hybridized carbons (Fsp3) is 0.611. The Labute approximate surface area is 150 Å². The molecule has 25 heavy (non-hydrogen) atoms. The molecule has 0 aliphatic carbocycles. The van der Waals surface area contributed by atoms with Gasteiger partial charge in [0.1, 0.15) is 18.2 Å². The number of rotatable bonds is 9. The number of hydrogen-bond donors (Lipinski definition) is 1. The van der Waals surface area contributed by atoms with E-state index in [0.29, 0.717) is 5.57 Å². The molecule has 0 saturated carbocycles. The lowest BCUT2D eigenvalue weighted by Gasteiger charge is -2.28. The van der Waals surface area contributed by atoms with Gasteiger partial charge in [-0.25, -0.2) is 4.79 Å². The molecule has 0 aliphatic heterocycles. The number of esters is 1. The van der Waals surface area contributed by atoms with Crippen LogP contribution < -0.4 is 5.32 Å². The fourth-order valence-electron chi connectivity index (χ4n) is 1.96. The Morgan fingerprint density at radius 3 is 2.28 bits per heavy atom. The van der Waals surface area contributed by atoms with Gasteiger partial charge in [-0.3, -0.25) is 9.59 Å². The van der Waals surface area contributed by atoms with Crippen LogP contribution in [0.2, 0.25) is 0 Å². The van der Waals surface area contributed by atoms with Gasteiger partial charge in [0, 0.05) is 6.54 Å². The van der Waals surface area contributed by atoms with Crippen LogP contribution in [0.5, 0.6) is 0 Å². The first-order valence-electron chi connectivity index (χ1n) is 8.19. The molecule has 0 radical (unpaired) electrons. The van der Waals surface area contributed by atoms with Crippen LogP contribution in [0.3, 0.4) is 0 Å². The lowest BCUT2D eigenvalue weighted by Crippen LogP contribution is -2.51. The molecule has 0 rings (SSSR count). The predicted octanol–water partition coefficient (Wildman–Crippen LogP) is 2.42. The summed E-state index contributed by atoms with van der Waals surface area (Å²) in [6.45, 7) is 16.2. The highest BCUT2D eigenvalue weighted by atomic mass is 16.6. The molecule has 0 fully saturated rings. The maximum absolute atomic E-state index is 12.8. The van der Waals surface area contributed by atoms with E-state index in [1.807, 2.05) is 0 Å². The van der Waals surface area contributed by atoms with E-state index in [2.05, 4.69) is 18.5 Å². The van der Waals surface area contributed by atoms with Crippen molar-refractivity contribution in [1.29, 1.82) is 0 Å². The number of hydrogen-bond acceptors (Lipinski definition) is 5. The van der Waals surface area contributed by atoms with Crippen LogP contribution >= 0.6 is 0 Å². The maximum Gasteiger partial charge on any atom is 0.408 e. The second-order valence-corrected chi connectivity index (χ2v) is 6.68. The van der Waals surface area contributed by atoms with Crippen molar-refractivity contribution in [2.75, 3.05) is 19.7 Å². The molecule has 7 nitrogen and oxygen atoms in total. The summed E-state index contributed by atoms with van der Waals surface area (Å²) in [5.41, 5.74) is 0.0148. The quantitative estimate of drug-likeness (QED) is 0.508. The van der Waals surface area contributed by atoms with Gasteiger partial charge in [0.05, 0.1) is 6.61 Å². The molecule has 1 N–H and O–H groups in total. The van der Waals surface area contributed by atoms with Crippen LogP contribution in [0, 0.1) is 0 Å². The maximum atomic E-state index is 12.8. The minimum absolute atomic E-state index is 0.182. The van der Waals surface area contributed by atoms with Gasteiger partial charge in [-0.2, -0.15) is 0 Å². The van der Waals surface area contributed by atoms with E-state index in [1.165, 1.54) is 11.0 Å². The Morgan fingerprint density at radius 1 is 1.24 bits per heavy atom. The summed E-state index contributed by atoms with van der Waals surface area (Å²) in [5, 5.41) is 2.53. The fourth-order valence-corrected chi connectivity index (χ4v) is 1.96. The molecule has 0 saturated heterocycles. The molecule has 1 atom stereocenters. The third-order valence-corrected chi connectivity index (χ3v) is 2.79. The summed E-state index contributed by atoms with van der Waals surface area (Å²) in [6.07, 6.45) is 1.01. The van der Waals surface area contributed by atoms with E-state index in [-0.39, 0.29) is 26.1 Å². The summed E-state index contributed by atoms with van der Waals surface area (Å²) >= 11 is 0. The molecule has 0 spiro atoms. The van der Waals surface area contributed by atoms with Crippen molar-refractivity contribution in [2.24, 2.45) is 0 Å². The lowest BCUT2D eigenvalue weighted by molar-refractivity contribution is -0.149.